The van der Waals surface area contributed by atoms with Crippen LogP contribution in [-0.4, -0.2) is 29.4 Å². The lowest BCUT2D eigenvalue weighted by molar-refractivity contribution is 0.202. The first-order chi connectivity index (χ1) is 13.6. The van der Waals surface area contributed by atoms with Crippen molar-refractivity contribution in [3.63, 3.8) is 0 Å². The Labute approximate surface area is 171 Å². The van der Waals surface area contributed by atoms with E-state index in [0.29, 0.717) is 29.7 Å². The molecule has 1 aromatic heterocycles. The van der Waals surface area contributed by atoms with Gasteiger partial charge in [-0.1, -0.05) is 40.2 Å². The van der Waals surface area contributed by atoms with Crippen LogP contribution in [0.5, 0.6) is 5.75 Å². The molecule has 0 aliphatic carbocycles. The number of hydrogen-bond acceptors (Lipinski definition) is 4. The maximum absolute atomic E-state index is 13.3. The lowest BCUT2D eigenvalue weighted by Crippen LogP contribution is -2.35. The second-order valence-corrected chi connectivity index (χ2v) is 8.36. The van der Waals surface area contributed by atoms with Crippen LogP contribution in [0.15, 0.2) is 23.0 Å². The molecule has 0 atom stereocenters. The predicted octanol–water partition coefficient (Wildman–Crippen LogP) is 4.41. The number of carboxylic acid groups (broad SMARTS) is 1. The molecule has 7 nitrogen and oxygen atoms in total. The van der Waals surface area contributed by atoms with Gasteiger partial charge in [-0.05, 0) is 29.5 Å². The average molecular weight is 399 g/mol. The Morgan fingerprint density at radius 3 is 2.55 bits per heavy atom. The van der Waals surface area contributed by atoms with E-state index >= 15 is 0 Å². The molecule has 0 aliphatic rings. The van der Waals surface area contributed by atoms with Crippen molar-refractivity contribution in [3.05, 3.63) is 34.1 Å². The average Bonchev–Trinajstić information content (AvgIpc) is 2.64. The SMILES string of the molecule is CCCCOc1c(N(C)C(=O)O)n(CC(C)(C)C)c(=O)c2ccc(CC#N)cc12. The highest BCUT2D eigenvalue weighted by Crippen LogP contribution is 2.36. The van der Waals surface area contributed by atoms with Crippen LogP contribution in [0, 0.1) is 16.7 Å². The van der Waals surface area contributed by atoms with E-state index in [0.717, 1.165) is 23.3 Å². The monoisotopic (exact) mass is 399 g/mol. The van der Waals surface area contributed by atoms with Gasteiger partial charge in [0.2, 0.25) is 0 Å². The van der Waals surface area contributed by atoms with Gasteiger partial charge in [0.25, 0.3) is 5.56 Å². The summed E-state index contributed by atoms with van der Waals surface area (Å²) in [5.74, 6) is 0.581. The number of hydrogen-bond donors (Lipinski definition) is 1. The number of unbranched alkanes of at least 4 members (excludes halogenated alkanes) is 1. The predicted molar refractivity (Wildman–Crippen MR) is 114 cm³/mol. The minimum Gasteiger partial charge on any atom is -0.489 e. The van der Waals surface area contributed by atoms with Crippen molar-refractivity contribution >= 4 is 22.7 Å². The number of pyridine rings is 1. The van der Waals surface area contributed by atoms with Gasteiger partial charge in [-0.15, -0.1) is 0 Å². The summed E-state index contributed by atoms with van der Waals surface area (Å²) in [7, 11) is 1.41. The molecule has 1 heterocycles. The fourth-order valence-corrected chi connectivity index (χ4v) is 3.16. The molecule has 0 bridgehead atoms. The molecular formula is C22H29N3O4. The van der Waals surface area contributed by atoms with Crippen LogP contribution in [0.25, 0.3) is 10.8 Å². The van der Waals surface area contributed by atoms with E-state index in [-0.39, 0.29) is 23.2 Å². The van der Waals surface area contributed by atoms with Crippen molar-refractivity contribution < 1.29 is 14.6 Å². The highest BCUT2D eigenvalue weighted by atomic mass is 16.5. The molecular weight excluding hydrogens is 370 g/mol. The van der Waals surface area contributed by atoms with Gasteiger partial charge < -0.3 is 9.84 Å². The number of nitriles is 1. The van der Waals surface area contributed by atoms with E-state index in [4.69, 9.17) is 10.00 Å². The number of anilines is 1. The fourth-order valence-electron chi connectivity index (χ4n) is 3.16. The van der Waals surface area contributed by atoms with E-state index in [1.807, 2.05) is 27.7 Å². The van der Waals surface area contributed by atoms with E-state index < -0.39 is 6.09 Å². The summed E-state index contributed by atoms with van der Waals surface area (Å²) >= 11 is 0. The molecule has 156 valence electrons. The Morgan fingerprint density at radius 1 is 1.31 bits per heavy atom. The van der Waals surface area contributed by atoms with Gasteiger partial charge in [-0.3, -0.25) is 14.3 Å². The summed E-state index contributed by atoms with van der Waals surface area (Å²) in [6.45, 7) is 8.74. The zero-order chi connectivity index (χ0) is 21.8. The molecule has 1 aromatic carbocycles. The number of rotatable bonds is 7. The molecule has 29 heavy (non-hydrogen) atoms. The van der Waals surface area contributed by atoms with Gasteiger partial charge in [-0.2, -0.15) is 5.26 Å². The Bertz CT molecular complexity index is 996. The Hall–Kier alpha value is -3.01. The van der Waals surface area contributed by atoms with Gasteiger partial charge >= 0.3 is 6.09 Å². The van der Waals surface area contributed by atoms with Gasteiger partial charge in [-0.25, -0.2) is 4.79 Å². The van der Waals surface area contributed by atoms with Crippen molar-refractivity contribution in [2.45, 2.75) is 53.5 Å². The number of amides is 1. The van der Waals surface area contributed by atoms with E-state index in [9.17, 15) is 14.7 Å². The smallest absolute Gasteiger partial charge is 0.412 e. The third-order valence-electron chi connectivity index (χ3n) is 4.53. The van der Waals surface area contributed by atoms with Crippen LogP contribution in [-0.2, 0) is 13.0 Å². The molecule has 0 unspecified atom stereocenters. The minimum absolute atomic E-state index is 0.194. The number of fused-ring (bicyclic) bond motifs is 1. The maximum atomic E-state index is 13.3. The van der Waals surface area contributed by atoms with Crippen molar-refractivity contribution in [1.29, 1.82) is 5.26 Å². The van der Waals surface area contributed by atoms with Crippen LogP contribution in [0.1, 0.15) is 46.1 Å². The Morgan fingerprint density at radius 2 is 2.00 bits per heavy atom. The highest BCUT2D eigenvalue weighted by molar-refractivity contribution is 5.96. The molecule has 7 heteroatoms. The van der Waals surface area contributed by atoms with Crippen molar-refractivity contribution in [1.82, 2.24) is 4.57 Å². The lowest BCUT2D eigenvalue weighted by atomic mass is 9.96. The van der Waals surface area contributed by atoms with Crippen molar-refractivity contribution in [2.75, 3.05) is 18.6 Å². The maximum Gasteiger partial charge on any atom is 0.412 e. The minimum atomic E-state index is -1.18. The zero-order valence-electron chi connectivity index (χ0n) is 17.8. The number of aromatic nitrogens is 1. The number of carbonyl (C=O) groups is 1. The fraction of sp³-hybridized carbons (Fsp3) is 0.500. The second-order valence-electron chi connectivity index (χ2n) is 8.36. The second kappa shape index (κ2) is 8.99. The van der Waals surface area contributed by atoms with Crippen molar-refractivity contribution in [2.24, 2.45) is 5.41 Å². The summed E-state index contributed by atoms with van der Waals surface area (Å²) in [5, 5.41) is 19.7. The zero-order valence-corrected chi connectivity index (χ0v) is 17.8. The first-order valence-electron chi connectivity index (χ1n) is 9.76. The molecule has 1 amide bonds. The Kier molecular flexibility index (Phi) is 6.91. The summed E-state index contributed by atoms with van der Waals surface area (Å²) in [4.78, 5) is 26.2. The quantitative estimate of drug-likeness (QED) is 0.696. The summed E-state index contributed by atoms with van der Waals surface area (Å²) in [6.07, 6.45) is 0.733. The largest absolute Gasteiger partial charge is 0.489 e. The molecule has 2 rings (SSSR count). The summed E-state index contributed by atoms with van der Waals surface area (Å²) in [6, 6.07) is 7.31. The van der Waals surface area contributed by atoms with Crippen LogP contribution in [0.2, 0.25) is 0 Å². The third kappa shape index (κ3) is 5.08. The number of ether oxygens (including phenoxy) is 1. The van der Waals surface area contributed by atoms with Gasteiger partial charge in [0.15, 0.2) is 11.6 Å². The van der Waals surface area contributed by atoms with Crippen LogP contribution >= 0.6 is 0 Å². The highest BCUT2D eigenvalue weighted by Gasteiger charge is 2.26. The molecule has 0 spiro atoms. The van der Waals surface area contributed by atoms with E-state index in [1.54, 1.807) is 18.2 Å². The molecule has 1 N–H and O–H groups in total. The van der Waals surface area contributed by atoms with Gasteiger partial charge in [0.05, 0.1) is 24.5 Å². The summed E-state index contributed by atoms with van der Waals surface area (Å²) in [5.41, 5.74) is 0.217. The number of nitrogens with zero attached hydrogens (tertiary/aromatic N) is 3. The molecule has 2 aromatic rings. The van der Waals surface area contributed by atoms with Crippen molar-refractivity contribution in [3.8, 4) is 11.8 Å². The standard InChI is InChI=1S/C22H29N3O4/c1-6-7-12-29-18-17-13-15(10-11-23)8-9-16(17)20(26)25(14-22(2,3)4)19(18)24(5)21(27)28/h8-9,13H,6-7,10,12,14H2,1-5H3,(H,27,28). The van der Waals surface area contributed by atoms with Crippen LogP contribution in [0.4, 0.5) is 10.6 Å². The molecule has 0 saturated heterocycles. The third-order valence-corrected chi connectivity index (χ3v) is 4.53. The first-order valence-corrected chi connectivity index (χ1v) is 9.76. The van der Waals surface area contributed by atoms with E-state index in [2.05, 4.69) is 6.07 Å². The molecule has 0 saturated carbocycles. The van der Waals surface area contributed by atoms with Crippen LogP contribution in [0.3, 0.4) is 0 Å². The van der Waals surface area contributed by atoms with E-state index in [1.165, 1.54) is 11.6 Å². The summed E-state index contributed by atoms with van der Waals surface area (Å²) < 4.78 is 7.55. The lowest BCUT2D eigenvalue weighted by Gasteiger charge is -2.28. The molecule has 0 aliphatic heterocycles. The van der Waals surface area contributed by atoms with Gasteiger partial charge in [0, 0.05) is 19.0 Å². The molecule has 0 radical (unpaired) electrons. The normalized spacial score (nSPS) is 11.3. The topological polar surface area (TPSA) is 95.6 Å². The number of benzene rings is 1. The molecule has 0 fully saturated rings. The first kappa shape index (κ1) is 22.3. The Balaban J connectivity index is 2.91. The van der Waals surface area contributed by atoms with Crippen LogP contribution < -0.4 is 15.2 Å². The van der Waals surface area contributed by atoms with Gasteiger partial charge in [0.1, 0.15) is 0 Å².